The van der Waals surface area contributed by atoms with Crippen LogP contribution in [-0.2, 0) is 11.2 Å². The largest absolute Gasteiger partial charge is 0.349 e. The van der Waals surface area contributed by atoms with Crippen LogP contribution < -0.4 is 5.32 Å². The normalized spacial score (nSPS) is 22.5. The van der Waals surface area contributed by atoms with Crippen molar-refractivity contribution in [1.82, 2.24) is 15.1 Å². The Balaban J connectivity index is 1.36. The molecule has 0 bridgehead atoms. The number of nitrogens with one attached hydrogen (secondary N) is 1. The molecule has 0 aromatic heterocycles. The molecule has 1 saturated carbocycles. The summed E-state index contributed by atoms with van der Waals surface area (Å²) in [4.78, 5) is 16.1. The molecule has 2 aromatic rings. The predicted molar refractivity (Wildman–Crippen MR) is 127 cm³/mol. The van der Waals surface area contributed by atoms with Gasteiger partial charge in [-0.25, -0.2) is 4.39 Å². The summed E-state index contributed by atoms with van der Waals surface area (Å²) in [6.07, 6.45) is 4.94. The molecule has 1 heterocycles. The summed E-state index contributed by atoms with van der Waals surface area (Å²) in [5.41, 5.74) is 2.81. The summed E-state index contributed by atoms with van der Waals surface area (Å²) in [7, 11) is 3.64. The zero-order valence-electron chi connectivity index (χ0n) is 19.4. The van der Waals surface area contributed by atoms with Crippen LogP contribution in [0.5, 0.6) is 0 Å². The highest BCUT2D eigenvalue weighted by Gasteiger charge is 2.41. The quantitative estimate of drug-likeness (QED) is 0.642. The molecular weight excluding hydrogens is 401 g/mol. The Morgan fingerprint density at radius 2 is 1.78 bits per heavy atom. The van der Waals surface area contributed by atoms with E-state index in [4.69, 9.17) is 0 Å². The molecule has 1 saturated heterocycles. The lowest BCUT2D eigenvalue weighted by Gasteiger charge is -2.42. The molecule has 0 unspecified atom stereocenters. The molecular formula is C27H36FN3O. The van der Waals surface area contributed by atoms with Crippen LogP contribution in [0.15, 0.2) is 54.6 Å². The van der Waals surface area contributed by atoms with E-state index in [0.29, 0.717) is 18.4 Å². The standard InChI is InChI=1S/C27H36FN3O/c1-30(2)26(32)12-15-31-16-13-27(14-17-31,19-21-8-10-23(28)11-9-21)20-29-25-18-24(25)22-6-4-3-5-7-22/h3-11,24-25,29H,12-20H2,1-2H3/t24-,25+/m0/s1. The number of carbonyl (C=O) groups excluding carboxylic acids is 1. The number of likely N-dealkylation sites (tertiary alicyclic amines) is 1. The van der Waals surface area contributed by atoms with Gasteiger partial charge in [0.05, 0.1) is 0 Å². The van der Waals surface area contributed by atoms with E-state index in [1.165, 1.54) is 17.5 Å². The first-order chi connectivity index (χ1) is 15.4. The number of nitrogens with zero attached hydrogens (tertiary/aromatic N) is 2. The molecule has 2 aliphatic rings. The highest BCUT2D eigenvalue weighted by molar-refractivity contribution is 5.75. The molecule has 4 rings (SSSR count). The Labute approximate surface area is 191 Å². The minimum atomic E-state index is -0.176. The maximum Gasteiger partial charge on any atom is 0.223 e. The second kappa shape index (κ2) is 10.1. The summed E-state index contributed by atoms with van der Waals surface area (Å²) in [5, 5.41) is 3.87. The van der Waals surface area contributed by atoms with Gasteiger partial charge in [0.15, 0.2) is 0 Å². The second-order valence-electron chi connectivity index (χ2n) is 9.92. The van der Waals surface area contributed by atoms with Gasteiger partial charge in [0, 0.05) is 45.6 Å². The fourth-order valence-corrected chi connectivity index (χ4v) is 5.02. The fourth-order valence-electron chi connectivity index (χ4n) is 5.02. The first-order valence-corrected chi connectivity index (χ1v) is 11.9. The number of hydrogen-bond acceptors (Lipinski definition) is 3. The zero-order valence-corrected chi connectivity index (χ0v) is 19.4. The van der Waals surface area contributed by atoms with Crippen LogP contribution in [-0.4, -0.2) is 62.0 Å². The van der Waals surface area contributed by atoms with E-state index in [9.17, 15) is 9.18 Å². The van der Waals surface area contributed by atoms with Crippen molar-refractivity contribution in [2.45, 2.75) is 44.1 Å². The van der Waals surface area contributed by atoms with Crippen molar-refractivity contribution in [2.75, 3.05) is 40.3 Å². The first-order valence-electron chi connectivity index (χ1n) is 11.9. The third-order valence-corrected chi connectivity index (χ3v) is 7.31. The van der Waals surface area contributed by atoms with Crippen LogP contribution in [0.3, 0.4) is 0 Å². The number of rotatable bonds is 9. The summed E-state index contributed by atoms with van der Waals surface area (Å²) >= 11 is 0. The highest BCUT2D eigenvalue weighted by Crippen LogP contribution is 2.42. The Hall–Kier alpha value is -2.24. The van der Waals surface area contributed by atoms with Gasteiger partial charge < -0.3 is 15.1 Å². The third-order valence-electron chi connectivity index (χ3n) is 7.31. The molecule has 2 atom stereocenters. The van der Waals surface area contributed by atoms with E-state index in [1.807, 2.05) is 26.2 Å². The van der Waals surface area contributed by atoms with Crippen molar-refractivity contribution in [3.05, 3.63) is 71.5 Å². The van der Waals surface area contributed by atoms with E-state index in [1.54, 1.807) is 17.0 Å². The SMILES string of the molecule is CN(C)C(=O)CCN1CCC(CN[C@@H]2C[C@H]2c2ccccc2)(Cc2ccc(F)cc2)CC1. The van der Waals surface area contributed by atoms with Gasteiger partial charge in [0.1, 0.15) is 5.82 Å². The Kier molecular flexibility index (Phi) is 7.27. The average Bonchev–Trinajstić information content (AvgIpc) is 3.59. The van der Waals surface area contributed by atoms with Crippen LogP contribution >= 0.6 is 0 Å². The molecule has 4 nitrogen and oxygen atoms in total. The van der Waals surface area contributed by atoms with Crippen molar-refractivity contribution in [2.24, 2.45) is 5.41 Å². The first kappa shape index (κ1) is 22.9. The van der Waals surface area contributed by atoms with Crippen LogP contribution in [0.1, 0.15) is 42.7 Å². The lowest BCUT2D eigenvalue weighted by atomic mass is 9.73. The van der Waals surface area contributed by atoms with E-state index >= 15 is 0 Å². The molecule has 2 aromatic carbocycles. The van der Waals surface area contributed by atoms with Gasteiger partial charge in [-0.3, -0.25) is 4.79 Å². The fraction of sp³-hybridized carbons (Fsp3) is 0.519. The summed E-state index contributed by atoms with van der Waals surface area (Å²) in [6.45, 7) is 3.84. The smallest absolute Gasteiger partial charge is 0.223 e. The monoisotopic (exact) mass is 437 g/mol. The van der Waals surface area contributed by atoms with Gasteiger partial charge in [0.25, 0.3) is 0 Å². The van der Waals surface area contributed by atoms with Crippen molar-refractivity contribution in [3.8, 4) is 0 Å². The van der Waals surface area contributed by atoms with Gasteiger partial charge >= 0.3 is 0 Å². The van der Waals surface area contributed by atoms with Crippen molar-refractivity contribution in [1.29, 1.82) is 0 Å². The number of benzene rings is 2. The summed E-state index contributed by atoms with van der Waals surface area (Å²) in [5.74, 6) is 0.636. The average molecular weight is 438 g/mol. The summed E-state index contributed by atoms with van der Waals surface area (Å²) in [6, 6.07) is 18.4. The lowest BCUT2D eigenvalue weighted by Crippen LogP contribution is -2.47. The highest BCUT2D eigenvalue weighted by atomic mass is 19.1. The molecule has 2 fully saturated rings. The van der Waals surface area contributed by atoms with Gasteiger partial charge in [-0.2, -0.15) is 0 Å². The Bertz CT molecular complexity index is 876. The summed E-state index contributed by atoms with van der Waals surface area (Å²) < 4.78 is 13.4. The number of piperidine rings is 1. The number of carbonyl (C=O) groups is 1. The number of amides is 1. The lowest BCUT2D eigenvalue weighted by molar-refractivity contribution is -0.129. The molecule has 172 valence electrons. The molecule has 0 spiro atoms. The predicted octanol–water partition coefficient (Wildman–Crippen LogP) is 4.07. The van der Waals surface area contributed by atoms with Gasteiger partial charge in [-0.1, -0.05) is 42.5 Å². The molecule has 1 aliphatic carbocycles. The van der Waals surface area contributed by atoms with Gasteiger partial charge in [-0.15, -0.1) is 0 Å². The molecule has 5 heteroatoms. The van der Waals surface area contributed by atoms with Crippen molar-refractivity contribution >= 4 is 5.91 Å². The number of hydrogen-bond donors (Lipinski definition) is 1. The van der Waals surface area contributed by atoms with Crippen LogP contribution in [0.4, 0.5) is 4.39 Å². The molecule has 1 N–H and O–H groups in total. The zero-order chi connectivity index (χ0) is 22.6. The van der Waals surface area contributed by atoms with Gasteiger partial charge in [0.2, 0.25) is 5.91 Å². The second-order valence-corrected chi connectivity index (χ2v) is 9.92. The molecule has 32 heavy (non-hydrogen) atoms. The molecule has 1 aliphatic heterocycles. The van der Waals surface area contributed by atoms with Crippen molar-refractivity contribution in [3.63, 3.8) is 0 Å². The molecule has 0 radical (unpaired) electrons. The van der Waals surface area contributed by atoms with Crippen molar-refractivity contribution < 1.29 is 9.18 Å². The van der Waals surface area contributed by atoms with E-state index in [0.717, 1.165) is 45.4 Å². The minimum Gasteiger partial charge on any atom is -0.349 e. The number of halogens is 1. The Morgan fingerprint density at radius 1 is 1.09 bits per heavy atom. The molecule has 1 amide bonds. The topological polar surface area (TPSA) is 35.6 Å². The van der Waals surface area contributed by atoms with Gasteiger partial charge in [-0.05, 0) is 67.4 Å². The van der Waals surface area contributed by atoms with Crippen LogP contribution in [0.25, 0.3) is 0 Å². The van der Waals surface area contributed by atoms with E-state index in [2.05, 4.69) is 40.5 Å². The van der Waals surface area contributed by atoms with Crippen LogP contribution in [0, 0.1) is 11.2 Å². The van der Waals surface area contributed by atoms with E-state index < -0.39 is 0 Å². The Morgan fingerprint density at radius 3 is 2.44 bits per heavy atom. The maximum atomic E-state index is 13.4. The minimum absolute atomic E-state index is 0.170. The third kappa shape index (κ3) is 5.96. The van der Waals surface area contributed by atoms with E-state index in [-0.39, 0.29) is 17.1 Å². The van der Waals surface area contributed by atoms with Crippen LogP contribution in [0.2, 0.25) is 0 Å². The maximum absolute atomic E-state index is 13.4.